The molecule has 0 aliphatic carbocycles. The Bertz CT molecular complexity index is 1350. The maximum Gasteiger partial charge on any atom is 0.332 e. The van der Waals surface area contributed by atoms with Gasteiger partial charge in [-0.1, -0.05) is 41.4 Å². The van der Waals surface area contributed by atoms with E-state index in [1.54, 1.807) is 36.4 Å². The van der Waals surface area contributed by atoms with E-state index in [1.165, 1.54) is 4.57 Å². The van der Waals surface area contributed by atoms with Crippen molar-refractivity contribution >= 4 is 49.6 Å². The first-order chi connectivity index (χ1) is 14.5. The Labute approximate surface area is 180 Å². The van der Waals surface area contributed by atoms with Gasteiger partial charge < -0.3 is 9.73 Å². The van der Waals surface area contributed by atoms with Crippen LogP contribution in [0.4, 0.5) is 5.69 Å². The minimum Gasteiger partial charge on any atom is -0.449 e. The molecule has 0 saturated heterocycles. The van der Waals surface area contributed by atoms with Crippen LogP contribution in [0, 0.1) is 0 Å². The second kappa shape index (κ2) is 8.31. The summed E-state index contributed by atoms with van der Waals surface area (Å²) in [5, 5.41) is 3.42. The van der Waals surface area contributed by atoms with Crippen LogP contribution in [0.2, 0.25) is 0 Å². The Morgan fingerprint density at radius 1 is 1.07 bits per heavy atom. The van der Waals surface area contributed by atoms with E-state index in [-0.39, 0.29) is 24.6 Å². The van der Waals surface area contributed by atoms with Crippen LogP contribution in [0.25, 0.3) is 22.1 Å². The lowest BCUT2D eigenvalue weighted by Gasteiger charge is -2.12. The van der Waals surface area contributed by atoms with Crippen molar-refractivity contribution in [1.29, 1.82) is 0 Å². The van der Waals surface area contributed by atoms with Crippen molar-refractivity contribution in [2.24, 2.45) is 0 Å². The molecule has 0 unspecified atom stereocenters. The molecule has 8 heteroatoms. The van der Waals surface area contributed by atoms with Gasteiger partial charge in [0.15, 0.2) is 0 Å². The summed E-state index contributed by atoms with van der Waals surface area (Å²) in [4.78, 5) is 38.8. The van der Waals surface area contributed by atoms with Crippen LogP contribution >= 0.6 is 15.9 Å². The number of benzene rings is 2. The molecule has 0 saturated carbocycles. The first-order valence-corrected chi connectivity index (χ1v) is 10.5. The lowest BCUT2D eigenvalue weighted by atomic mass is 10.2. The standard InChI is InChI=1S/C22H20BrN3O4/c1-2-3-12-25-21(28)20-19(16-6-4-5-7-17(16)30-20)26(22(25)29)13-18(27)24-15-10-8-14(23)9-11-15/h4-11H,2-3,12-13H2,1H3,(H,24,27). The predicted octanol–water partition coefficient (Wildman–Crippen LogP) is 4.11. The summed E-state index contributed by atoms with van der Waals surface area (Å²) < 4.78 is 9.16. The van der Waals surface area contributed by atoms with Crippen molar-refractivity contribution in [3.05, 3.63) is 73.8 Å². The largest absolute Gasteiger partial charge is 0.449 e. The topological polar surface area (TPSA) is 86.2 Å². The van der Waals surface area contributed by atoms with Gasteiger partial charge in [-0.05, 0) is 42.8 Å². The minimum absolute atomic E-state index is 0.0864. The summed E-state index contributed by atoms with van der Waals surface area (Å²) in [5.41, 5.74) is 0.563. The van der Waals surface area contributed by atoms with Crippen LogP contribution in [0.5, 0.6) is 0 Å². The van der Waals surface area contributed by atoms with Gasteiger partial charge in [-0.3, -0.25) is 18.7 Å². The molecular formula is C22H20BrN3O4. The normalized spacial score (nSPS) is 11.3. The molecule has 4 aromatic rings. The highest BCUT2D eigenvalue weighted by molar-refractivity contribution is 9.10. The zero-order valence-corrected chi connectivity index (χ0v) is 17.9. The Kier molecular flexibility index (Phi) is 5.59. The van der Waals surface area contributed by atoms with Gasteiger partial charge in [-0.2, -0.15) is 0 Å². The molecule has 0 spiro atoms. The molecule has 2 aromatic heterocycles. The zero-order valence-electron chi connectivity index (χ0n) is 16.4. The Balaban J connectivity index is 1.84. The summed E-state index contributed by atoms with van der Waals surface area (Å²) in [6.45, 7) is 2.02. The van der Waals surface area contributed by atoms with Crippen LogP contribution in [-0.4, -0.2) is 15.0 Å². The fraction of sp³-hybridized carbons (Fsp3) is 0.227. The number of halogens is 1. The molecule has 0 bridgehead atoms. The van der Waals surface area contributed by atoms with E-state index in [9.17, 15) is 14.4 Å². The fourth-order valence-corrected chi connectivity index (χ4v) is 3.70. The van der Waals surface area contributed by atoms with Gasteiger partial charge in [0.25, 0.3) is 5.56 Å². The molecule has 154 valence electrons. The summed E-state index contributed by atoms with van der Waals surface area (Å²) in [6.07, 6.45) is 1.50. The Morgan fingerprint density at radius 3 is 2.53 bits per heavy atom. The van der Waals surface area contributed by atoms with Crippen LogP contribution in [0.3, 0.4) is 0 Å². The van der Waals surface area contributed by atoms with Crippen LogP contribution in [-0.2, 0) is 17.9 Å². The first kappa shape index (κ1) is 20.2. The number of para-hydroxylation sites is 1. The molecule has 30 heavy (non-hydrogen) atoms. The molecule has 7 nitrogen and oxygen atoms in total. The molecule has 0 aliphatic heterocycles. The fourth-order valence-electron chi connectivity index (χ4n) is 3.43. The highest BCUT2D eigenvalue weighted by Crippen LogP contribution is 2.25. The minimum atomic E-state index is -0.515. The zero-order chi connectivity index (χ0) is 21.3. The number of aromatic nitrogens is 2. The SMILES string of the molecule is CCCCn1c(=O)c2oc3ccccc3c2n(CC(=O)Nc2ccc(Br)cc2)c1=O. The second-order valence-electron chi connectivity index (χ2n) is 7.01. The molecule has 4 rings (SSSR count). The highest BCUT2D eigenvalue weighted by atomic mass is 79.9. The van der Waals surface area contributed by atoms with E-state index < -0.39 is 11.2 Å². The molecule has 0 atom stereocenters. The number of hydrogen-bond acceptors (Lipinski definition) is 4. The number of nitrogens with zero attached hydrogens (tertiary/aromatic N) is 2. The van der Waals surface area contributed by atoms with Crippen LogP contribution in [0.1, 0.15) is 19.8 Å². The van der Waals surface area contributed by atoms with E-state index >= 15 is 0 Å². The number of amides is 1. The summed E-state index contributed by atoms with van der Waals surface area (Å²) in [7, 11) is 0. The van der Waals surface area contributed by atoms with Crippen molar-refractivity contribution < 1.29 is 9.21 Å². The first-order valence-electron chi connectivity index (χ1n) is 9.70. The molecule has 1 amide bonds. The Morgan fingerprint density at radius 2 is 1.80 bits per heavy atom. The van der Waals surface area contributed by atoms with E-state index in [0.29, 0.717) is 28.6 Å². The molecule has 0 radical (unpaired) electrons. The summed E-state index contributed by atoms with van der Waals surface area (Å²) in [6, 6.07) is 14.3. The van der Waals surface area contributed by atoms with Gasteiger partial charge >= 0.3 is 5.69 Å². The van der Waals surface area contributed by atoms with Crippen molar-refractivity contribution in [2.45, 2.75) is 32.9 Å². The number of hydrogen-bond donors (Lipinski definition) is 1. The van der Waals surface area contributed by atoms with Gasteiger partial charge in [-0.15, -0.1) is 0 Å². The number of furan rings is 1. The smallest absolute Gasteiger partial charge is 0.332 e. The maximum absolute atomic E-state index is 13.2. The molecule has 0 aliphatic rings. The third-order valence-electron chi connectivity index (χ3n) is 4.91. The van der Waals surface area contributed by atoms with Gasteiger partial charge in [-0.25, -0.2) is 4.79 Å². The number of nitrogens with one attached hydrogen (secondary N) is 1. The molecular weight excluding hydrogens is 450 g/mol. The number of carbonyl (C=O) groups excluding carboxylic acids is 1. The monoisotopic (exact) mass is 469 g/mol. The van der Waals surface area contributed by atoms with Crippen molar-refractivity contribution in [3.63, 3.8) is 0 Å². The summed E-state index contributed by atoms with van der Waals surface area (Å²) >= 11 is 3.36. The van der Waals surface area contributed by atoms with Gasteiger partial charge in [0, 0.05) is 22.1 Å². The van der Waals surface area contributed by atoms with Crippen molar-refractivity contribution in [3.8, 4) is 0 Å². The van der Waals surface area contributed by atoms with E-state index in [4.69, 9.17) is 4.42 Å². The average molecular weight is 470 g/mol. The Hall–Kier alpha value is -3.13. The van der Waals surface area contributed by atoms with E-state index in [2.05, 4.69) is 21.2 Å². The number of unbranched alkanes of at least 4 members (excludes halogenated alkanes) is 1. The molecule has 0 fully saturated rings. The number of fused-ring (bicyclic) bond motifs is 3. The highest BCUT2D eigenvalue weighted by Gasteiger charge is 2.21. The lowest BCUT2D eigenvalue weighted by Crippen LogP contribution is -2.41. The quantitative estimate of drug-likeness (QED) is 0.460. The van der Waals surface area contributed by atoms with Crippen LogP contribution < -0.4 is 16.6 Å². The van der Waals surface area contributed by atoms with Gasteiger partial charge in [0.1, 0.15) is 17.6 Å². The van der Waals surface area contributed by atoms with Gasteiger partial charge in [0.05, 0.1) is 0 Å². The molecule has 2 aromatic carbocycles. The number of carbonyl (C=O) groups is 1. The summed E-state index contributed by atoms with van der Waals surface area (Å²) in [5.74, 6) is -0.369. The number of anilines is 1. The lowest BCUT2D eigenvalue weighted by molar-refractivity contribution is -0.116. The van der Waals surface area contributed by atoms with Crippen molar-refractivity contribution in [2.75, 3.05) is 5.32 Å². The van der Waals surface area contributed by atoms with Gasteiger partial charge in [0.2, 0.25) is 11.5 Å². The van der Waals surface area contributed by atoms with Crippen molar-refractivity contribution in [1.82, 2.24) is 9.13 Å². The second-order valence-corrected chi connectivity index (χ2v) is 7.93. The van der Waals surface area contributed by atoms with E-state index in [1.807, 2.05) is 19.1 Å². The van der Waals surface area contributed by atoms with E-state index in [0.717, 1.165) is 15.5 Å². The third kappa shape index (κ3) is 3.70. The van der Waals surface area contributed by atoms with Crippen LogP contribution in [0.15, 0.2) is 67.0 Å². The molecule has 2 heterocycles. The number of rotatable bonds is 6. The average Bonchev–Trinajstić information content (AvgIpc) is 3.13. The molecule has 1 N–H and O–H groups in total. The maximum atomic E-state index is 13.2. The third-order valence-corrected chi connectivity index (χ3v) is 5.43. The predicted molar refractivity (Wildman–Crippen MR) is 120 cm³/mol.